The molecule has 1 fully saturated rings. The second kappa shape index (κ2) is 3.94. The van der Waals surface area contributed by atoms with Crippen LogP contribution in [0.3, 0.4) is 0 Å². The Morgan fingerprint density at radius 3 is 2.60 bits per heavy atom. The smallest absolute Gasteiger partial charge is 0.0107 e. The van der Waals surface area contributed by atoms with Crippen molar-refractivity contribution in [2.45, 2.75) is 26.3 Å². The summed E-state index contributed by atoms with van der Waals surface area (Å²) >= 11 is 0. The van der Waals surface area contributed by atoms with E-state index in [1.54, 1.807) is 0 Å². The van der Waals surface area contributed by atoms with E-state index < -0.39 is 0 Å². The maximum Gasteiger partial charge on any atom is 0.0107 e. The topological polar surface area (TPSA) is 15.3 Å². The molecule has 0 radical (unpaired) electrons. The van der Waals surface area contributed by atoms with Crippen molar-refractivity contribution in [1.29, 1.82) is 0 Å². The molecule has 0 bridgehead atoms. The summed E-state index contributed by atoms with van der Waals surface area (Å²) in [6.07, 6.45) is 1.40. The Bertz CT molecular complexity index is 92.1. The molecule has 0 aliphatic carbocycles. The van der Waals surface area contributed by atoms with Crippen LogP contribution in [0.5, 0.6) is 0 Å². The summed E-state index contributed by atoms with van der Waals surface area (Å²) in [7, 11) is 0. The lowest BCUT2D eigenvalue weighted by atomic mass is 10.2. The summed E-state index contributed by atoms with van der Waals surface area (Å²) < 4.78 is 0. The zero-order chi connectivity index (χ0) is 7.40. The fourth-order valence-corrected chi connectivity index (χ4v) is 1.12. The highest BCUT2D eigenvalue weighted by Gasteiger charge is 2.11. The van der Waals surface area contributed by atoms with Gasteiger partial charge in [0.05, 0.1) is 0 Å². The standard InChI is InChI=1S/C8H18N2.H2/c1-8(2)9-4-7-10-5-3-6-10;/h8-9H,3-7H2,1-2H3;1H. The highest BCUT2D eigenvalue weighted by molar-refractivity contribution is 4.69. The molecule has 0 aromatic heterocycles. The number of hydrogen-bond acceptors (Lipinski definition) is 2. The first-order valence-electron chi connectivity index (χ1n) is 4.25. The molecule has 0 aromatic carbocycles. The Kier molecular flexibility index (Phi) is 3.16. The van der Waals surface area contributed by atoms with Crippen LogP contribution in [0.25, 0.3) is 0 Å². The normalized spacial score (nSPS) is 19.5. The quantitative estimate of drug-likeness (QED) is 0.631. The first-order chi connectivity index (χ1) is 4.79. The van der Waals surface area contributed by atoms with Crippen LogP contribution in [0.15, 0.2) is 0 Å². The van der Waals surface area contributed by atoms with E-state index in [4.69, 9.17) is 0 Å². The van der Waals surface area contributed by atoms with Gasteiger partial charge in [-0.05, 0) is 19.5 Å². The van der Waals surface area contributed by atoms with E-state index in [2.05, 4.69) is 24.1 Å². The van der Waals surface area contributed by atoms with Crippen LogP contribution >= 0.6 is 0 Å². The van der Waals surface area contributed by atoms with Crippen LogP contribution in [0.1, 0.15) is 21.7 Å². The van der Waals surface area contributed by atoms with Gasteiger partial charge in [0.2, 0.25) is 0 Å². The van der Waals surface area contributed by atoms with Gasteiger partial charge in [-0.1, -0.05) is 13.8 Å². The highest BCUT2D eigenvalue weighted by Crippen LogP contribution is 2.02. The van der Waals surface area contributed by atoms with Gasteiger partial charge in [-0.25, -0.2) is 0 Å². The molecular weight excluding hydrogens is 124 g/mol. The van der Waals surface area contributed by atoms with Crippen molar-refractivity contribution in [2.24, 2.45) is 0 Å². The molecule has 1 heterocycles. The largest absolute Gasteiger partial charge is 0.313 e. The number of nitrogens with zero attached hydrogens (tertiary/aromatic N) is 1. The van der Waals surface area contributed by atoms with Crippen molar-refractivity contribution >= 4 is 0 Å². The molecule has 0 amide bonds. The first-order valence-corrected chi connectivity index (χ1v) is 4.25. The summed E-state index contributed by atoms with van der Waals surface area (Å²) in [5.74, 6) is 0. The monoisotopic (exact) mass is 144 g/mol. The van der Waals surface area contributed by atoms with Crippen LogP contribution in [0.2, 0.25) is 0 Å². The van der Waals surface area contributed by atoms with Crippen LogP contribution in [0, 0.1) is 0 Å². The van der Waals surface area contributed by atoms with Crippen molar-refractivity contribution < 1.29 is 1.43 Å². The molecule has 62 valence electrons. The second-order valence-corrected chi connectivity index (χ2v) is 3.30. The molecule has 1 aliphatic rings. The van der Waals surface area contributed by atoms with Gasteiger partial charge in [0.1, 0.15) is 0 Å². The van der Waals surface area contributed by atoms with Gasteiger partial charge in [0, 0.05) is 20.6 Å². The number of hydrogen-bond donors (Lipinski definition) is 1. The SMILES string of the molecule is CC(C)NCCN1CCC1.[HH]. The minimum Gasteiger partial charge on any atom is -0.313 e. The van der Waals surface area contributed by atoms with E-state index >= 15 is 0 Å². The highest BCUT2D eigenvalue weighted by atomic mass is 15.2. The first kappa shape index (κ1) is 8.02. The summed E-state index contributed by atoms with van der Waals surface area (Å²) in [4.78, 5) is 2.48. The van der Waals surface area contributed by atoms with E-state index in [9.17, 15) is 0 Å². The fourth-order valence-electron chi connectivity index (χ4n) is 1.12. The van der Waals surface area contributed by atoms with Crippen LogP contribution < -0.4 is 5.32 Å². The molecule has 10 heavy (non-hydrogen) atoms. The molecule has 1 rings (SSSR count). The minimum atomic E-state index is 0. The van der Waals surface area contributed by atoms with Crippen molar-refractivity contribution in [3.8, 4) is 0 Å². The average molecular weight is 144 g/mol. The fraction of sp³-hybridized carbons (Fsp3) is 1.00. The van der Waals surface area contributed by atoms with Crippen LogP contribution in [-0.4, -0.2) is 37.1 Å². The molecule has 2 heteroatoms. The van der Waals surface area contributed by atoms with Crippen LogP contribution in [0.4, 0.5) is 0 Å². The molecule has 0 unspecified atom stereocenters. The summed E-state index contributed by atoms with van der Waals surface area (Å²) in [5, 5.41) is 3.40. The van der Waals surface area contributed by atoms with Gasteiger partial charge in [-0.2, -0.15) is 0 Å². The van der Waals surface area contributed by atoms with Crippen molar-refractivity contribution in [3.05, 3.63) is 0 Å². The Labute approximate surface area is 65.1 Å². The zero-order valence-electron chi connectivity index (χ0n) is 7.06. The molecule has 1 N–H and O–H groups in total. The predicted octanol–water partition coefficient (Wildman–Crippen LogP) is 0.936. The summed E-state index contributed by atoms with van der Waals surface area (Å²) in [5.41, 5.74) is 0. The van der Waals surface area contributed by atoms with Crippen molar-refractivity contribution in [2.75, 3.05) is 26.2 Å². The number of likely N-dealkylation sites (tertiary alicyclic amines) is 1. The predicted molar refractivity (Wildman–Crippen MR) is 46.3 cm³/mol. The van der Waals surface area contributed by atoms with E-state index in [0.717, 1.165) is 6.54 Å². The van der Waals surface area contributed by atoms with E-state index in [0.29, 0.717) is 6.04 Å². The molecule has 1 saturated heterocycles. The minimum absolute atomic E-state index is 0. The van der Waals surface area contributed by atoms with Gasteiger partial charge in [0.25, 0.3) is 0 Å². The van der Waals surface area contributed by atoms with Gasteiger partial charge in [-0.15, -0.1) is 0 Å². The molecule has 2 nitrogen and oxygen atoms in total. The Hall–Kier alpha value is -0.0800. The lowest BCUT2D eigenvalue weighted by Gasteiger charge is -2.30. The molecule has 0 saturated carbocycles. The average Bonchev–Trinajstić information content (AvgIpc) is 1.75. The lowest BCUT2D eigenvalue weighted by Crippen LogP contribution is -2.42. The third-order valence-electron chi connectivity index (χ3n) is 1.93. The second-order valence-electron chi connectivity index (χ2n) is 3.30. The molecule has 0 spiro atoms. The molecular formula is C8H20N2. The Balaban J connectivity index is 0.000001000. The van der Waals surface area contributed by atoms with E-state index in [1.165, 1.54) is 26.1 Å². The van der Waals surface area contributed by atoms with Gasteiger partial charge >= 0.3 is 0 Å². The Morgan fingerprint density at radius 2 is 2.20 bits per heavy atom. The van der Waals surface area contributed by atoms with Gasteiger partial charge in [0.15, 0.2) is 0 Å². The van der Waals surface area contributed by atoms with Gasteiger partial charge < -0.3 is 10.2 Å². The zero-order valence-corrected chi connectivity index (χ0v) is 7.06. The van der Waals surface area contributed by atoms with E-state index in [-0.39, 0.29) is 1.43 Å². The third-order valence-corrected chi connectivity index (χ3v) is 1.93. The summed E-state index contributed by atoms with van der Waals surface area (Å²) in [6.45, 7) is 9.40. The van der Waals surface area contributed by atoms with Crippen molar-refractivity contribution in [1.82, 2.24) is 10.2 Å². The number of nitrogens with one attached hydrogen (secondary N) is 1. The third kappa shape index (κ3) is 2.67. The Morgan fingerprint density at radius 1 is 1.50 bits per heavy atom. The van der Waals surface area contributed by atoms with Gasteiger partial charge in [-0.3, -0.25) is 0 Å². The molecule has 0 aromatic rings. The number of rotatable bonds is 4. The molecule has 1 aliphatic heterocycles. The maximum atomic E-state index is 3.40. The molecule has 0 atom stereocenters. The van der Waals surface area contributed by atoms with Crippen LogP contribution in [-0.2, 0) is 0 Å². The maximum absolute atomic E-state index is 3.40. The van der Waals surface area contributed by atoms with Crippen molar-refractivity contribution in [3.63, 3.8) is 0 Å². The lowest BCUT2D eigenvalue weighted by molar-refractivity contribution is 0.181. The summed E-state index contributed by atoms with van der Waals surface area (Å²) in [6, 6.07) is 0.640. The van der Waals surface area contributed by atoms with E-state index in [1.807, 2.05) is 0 Å².